The number of esters is 2. The Balaban J connectivity index is 1.78. The van der Waals surface area contributed by atoms with Crippen molar-refractivity contribution in [3.63, 3.8) is 0 Å². The minimum Gasteiger partial charge on any atom is -0.497 e. The van der Waals surface area contributed by atoms with Gasteiger partial charge < -0.3 is 14.2 Å². The number of hydrogen-bond donors (Lipinski definition) is 0. The van der Waals surface area contributed by atoms with E-state index >= 15 is 0 Å². The molecule has 1 spiro atoms. The number of hydrogen-bond acceptors (Lipinski definition) is 7. The monoisotopic (exact) mass is 386 g/mol. The summed E-state index contributed by atoms with van der Waals surface area (Å²) in [6.07, 6.45) is 0. The molecule has 140 valence electrons. The maximum Gasteiger partial charge on any atom is 0.328 e. The number of methoxy groups -OCH3 is 1. The highest BCUT2D eigenvalue weighted by Gasteiger charge is 2.81. The molecule has 7 heteroatoms. The van der Waals surface area contributed by atoms with Crippen LogP contribution in [0.4, 0.5) is 0 Å². The molecule has 1 aliphatic carbocycles. The quantitative estimate of drug-likeness (QED) is 0.456. The molecule has 0 radical (unpaired) electrons. The number of ketones is 1. The van der Waals surface area contributed by atoms with Crippen molar-refractivity contribution in [1.82, 2.24) is 0 Å². The van der Waals surface area contributed by atoms with Gasteiger partial charge in [0.2, 0.25) is 0 Å². The smallest absolute Gasteiger partial charge is 0.328 e. The number of Topliss-reactive ketones (excluding diaryl/α,β-unsaturated/α-hetero) is 1. The number of carbonyl (C=O) groups excluding carboxylic acids is 3. The molecule has 1 saturated heterocycles. The lowest BCUT2D eigenvalue weighted by atomic mass is 9.96. The Bertz CT molecular complexity index is 892. The van der Waals surface area contributed by atoms with Gasteiger partial charge in [-0.2, -0.15) is 0 Å². The predicted molar refractivity (Wildman–Crippen MR) is 96.6 cm³/mol. The van der Waals surface area contributed by atoms with Crippen LogP contribution in [0, 0.1) is 11.3 Å². The van der Waals surface area contributed by atoms with Crippen LogP contribution in [0.25, 0.3) is 0 Å². The number of benzene rings is 1. The summed E-state index contributed by atoms with van der Waals surface area (Å²) in [5, 5.41) is 1.78. The second kappa shape index (κ2) is 5.92. The van der Waals surface area contributed by atoms with E-state index in [1.165, 1.54) is 25.2 Å². The fourth-order valence-electron chi connectivity index (χ4n) is 3.81. The molecule has 1 saturated carbocycles. The summed E-state index contributed by atoms with van der Waals surface area (Å²) in [6.45, 7) is 2.99. The van der Waals surface area contributed by atoms with Crippen LogP contribution in [0.3, 0.4) is 0 Å². The number of rotatable bonds is 4. The first-order chi connectivity index (χ1) is 12.8. The van der Waals surface area contributed by atoms with Crippen LogP contribution in [0.15, 0.2) is 41.8 Å². The van der Waals surface area contributed by atoms with Crippen molar-refractivity contribution in [2.45, 2.75) is 25.6 Å². The van der Waals surface area contributed by atoms with Crippen LogP contribution < -0.4 is 4.74 Å². The Morgan fingerprint density at radius 2 is 1.70 bits per heavy atom. The summed E-state index contributed by atoms with van der Waals surface area (Å²) in [7, 11) is 1.55. The second-order valence-corrected chi connectivity index (χ2v) is 8.07. The SMILES string of the molecule is COc1ccc([C@@H]2[C@@H](C(=O)c3cccs3)C23C(=O)OC(C)(C)OC3=O)cc1. The Labute approximate surface area is 160 Å². The van der Waals surface area contributed by atoms with Crippen LogP contribution in [-0.2, 0) is 19.1 Å². The van der Waals surface area contributed by atoms with Crippen molar-refractivity contribution >= 4 is 29.1 Å². The fraction of sp³-hybridized carbons (Fsp3) is 0.350. The number of carbonyl (C=O) groups is 3. The predicted octanol–water partition coefficient (Wildman–Crippen LogP) is 3.18. The molecule has 27 heavy (non-hydrogen) atoms. The van der Waals surface area contributed by atoms with E-state index < -0.39 is 35.0 Å². The normalized spacial score (nSPS) is 24.9. The van der Waals surface area contributed by atoms with E-state index in [9.17, 15) is 14.4 Å². The zero-order valence-electron chi connectivity index (χ0n) is 15.1. The Morgan fingerprint density at radius 1 is 1.07 bits per heavy atom. The van der Waals surface area contributed by atoms with Gasteiger partial charge in [-0.3, -0.25) is 14.4 Å². The minimum absolute atomic E-state index is 0.251. The van der Waals surface area contributed by atoms with Crippen LogP contribution in [-0.4, -0.2) is 30.6 Å². The summed E-state index contributed by atoms with van der Waals surface area (Å²) in [5.41, 5.74) is -0.940. The largest absolute Gasteiger partial charge is 0.497 e. The maximum atomic E-state index is 13.1. The van der Waals surface area contributed by atoms with Crippen LogP contribution in [0.5, 0.6) is 5.75 Å². The number of ether oxygens (including phenoxy) is 3. The van der Waals surface area contributed by atoms with Gasteiger partial charge in [-0.05, 0) is 29.1 Å². The van der Waals surface area contributed by atoms with Crippen molar-refractivity contribution in [3.05, 3.63) is 52.2 Å². The second-order valence-electron chi connectivity index (χ2n) is 7.12. The van der Waals surface area contributed by atoms with Gasteiger partial charge in [0.15, 0.2) is 11.2 Å². The highest BCUT2D eigenvalue weighted by molar-refractivity contribution is 7.12. The summed E-state index contributed by atoms with van der Waals surface area (Å²) in [5.74, 6) is -3.85. The van der Waals surface area contributed by atoms with E-state index in [4.69, 9.17) is 14.2 Å². The molecule has 0 unspecified atom stereocenters. The molecular formula is C20H18O6S. The van der Waals surface area contributed by atoms with E-state index in [-0.39, 0.29) is 5.78 Å². The van der Waals surface area contributed by atoms with Crippen molar-refractivity contribution < 1.29 is 28.6 Å². The Morgan fingerprint density at radius 3 is 2.22 bits per heavy atom. The third kappa shape index (κ3) is 2.56. The molecule has 2 atom stereocenters. The van der Waals surface area contributed by atoms with Crippen molar-refractivity contribution in [2.75, 3.05) is 7.11 Å². The average Bonchev–Trinajstić information content (AvgIpc) is 3.01. The molecule has 2 aliphatic rings. The fourth-order valence-corrected chi connectivity index (χ4v) is 4.52. The number of cyclic esters (lactones) is 2. The van der Waals surface area contributed by atoms with Crippen LogP contribution in [0.1, 0.15) is 35.0 Å². The zero-order valence-corrected chi connectivity index (χ0v) is 15.9. The molecular weight excluding hydrogens is 368 g/mol. The van der Waals surface area contributed by atoms with Gasteiger partial charge in [0, 0.05) is 19.8 Å². The molecule has 0 bridgehead atoms. The molecule has 0 N–H and O–H groups in total. The summed E-state index contributed by atoms with van der Waals surface area (Å²) in [4.78, 5) is 39.4. The van der Waals surface area contributed by atoms with Gasteiger partial charge in [0.25, 0.3) is 5.79 Å². The molecule has 2 aromatic rings. The molecule has 4 rings (SSSR count). The molecule has 2 heterocycles. The van der Waals surface area contributed by atoms with Crippen molar-refractivity contribution in [1.29, 1.82) is 0 Å². The van der Waals surface area contributed by atoms with Gasteiger partial charge in [-0.1, -0.05) is 18.2 Å². The van der Waals surface area contributed by atoms with Gasteiger partial charge in [0.05, 0.1) is 17.9 Å². The maximum absolute atomic E-state index is 13.1. The molecule has 2 fully saturated rings. The molecule has 1 aromatic heterocycles. The highest BCUT2D eigenvalue weighted by atomic mass is 32.1. The van der Waals surface area contributed by atoms with E-state index in [0.29, 0.717) is 16.2 Å². The van der Waals surface area contributed by atoms with E-state index in [1.54, 1.807) is 48.9 Å². The van der Waals surface area contributed by atoms with Gasteiger partial charge in [-0.15, -0.1) is 11.3 Å². The van der Waals surface area contributed by atoms with E-state index in [1.807, 2.05) is 0 Å². The first-order valence-electron chi connectivity index (χ1n) is 8.50. The van der Waals surface area contributed by atoms with Gasteiger partial charge >= 0.3 is 11.9 Å². The van der Waals surface area contributed by atoms with Crippen molar-refractivity contribution in [2.24, 2.45) is 11.3 Å². The van der Waals surface area contributed by atoms with Crippen LogP contribution >= 0.6 is 11.3 Å². The molecule has 6 nitrogen and oxygen atoms in total. The zero-order chi connectivity index (χ0) is 19.4. The average molecular weight is 386 g/mol. The molecule has 1 aliphatic heterocycles. The topological polar surface area (TPSA) is 78.9 Å². The Hall–Kier alpha value is -2.67. The minimum atomic E-state index is -1.63. The van der Waals surface area contributed by atoms with E-state index in [2.05, 4.69) is 0 Å². The summed E-state index contributed by atoms with van der Waals surface area (Å²) >= 11 is 1.28. The third-order valence-corrected chi connectivity index (χ3v) is 5.96. The number of thiophene rings is 1. The van der Waals surface area contributed by atoms with E-state index in [0.717, 1.165) is 0 Å². The lowest BCUT2D eigenvalue weighted by Crippen LogP contribution is -2.49. The Kier molecular flexibility index (Phi) is 3.89. The van der Waals surface area contributed by atoms with Crippen molar-refractivity contribution in [3.8, 4) is 5.75 Å². The molecule has 0 amide bonds. The lowest BCUT2D eigenvalue weighted by molar-refractivity contribution is -0.243. The van der Waals surface area contributed by atoms with Crippen LogP contribution in [0.2, 0.25) is 0 Å². The summed E-state index contributed by atoms with van der Waals surface area (Å²) < 4.78 is 15.9. The van der Waals surface area contributed by atoms with Gasteiger partial charge in [-0.25, -0.2) is 0 Å². The van der Waals surface area contributed by atoms with Gasteiger partial charge in [0.1, 0.15) is 5.75 Å². The first-order valence-corrected chi connectivity index (χ1v) is 9.38. The summed E-state index contributed by atoms with van der Waals surface area (Å²) in [6, 6.07) is 10.4. The highest BCUT2D eigenvalue weighted by Crippen LogP contribution is 2.69. The lowest BCUT2D eigenvalue weighted by Gasteiger charge is -2.33. The molecule has 1 aromatic carbocycles. The standard InChI is InChI=1S/C20H18O6S/c1-19(2)25-17(22)20(18(23)26-19)14(11-6-8-12(24-3)9-7-11)15(20)16(21)13-5-4-10-27-13/h4-10,14-15H,1-3H3/t14-,15+/m1/s1. The first kappa shape index (κ1) is 17.7. The third-order valence-electron chi connectivity index (χ3n) is 5.08.